The molecule has 100 valence electrons. The predicted octanol–water partition coefficient (Wildman–Crippen LogP) is 3.84. The van der Waals surface area contributed by atoms with Crippen molar-refractivity contribution in [1.29, 1.82) is 5.26 Å². The third-order valence-electron chi connectivity index (χ3n) is 2.48. The number of phenolic OH excluding ortho intramolecular Hbond substituents is 1. The Kier molecular flexibility index (Phi) is 8.77. The van der Waals surface area contributed by atoms with Crippen molar-refractivity contribution in [2.45, 2.75) is 32.1 Å². The normalized spacial score (nSPS) is 9.33. The zero-order chi connectivity index (χ0) is 12.5. The highest BCUT2D eigenvalue weighted by atomic mass is 35.5. The van der Waals surface area contributed by atoms with Crippen LogP contribution in [-0.2, 0) is 0 Å². The summed E-state index contributed by atoms with van der Waals surface area (Å²) in [6.45, 7) is 0.703. The number of nitrogens with one attached hydrogen (secondary N) is 1. The minimum absolute atomic E-state index is 0. The molecule has 0 aliphatic rings. The van der Waals surface area contributed by atoms with E-state index in [1.807, 2.05) is 0 Å². The maximum absolute atomic E-state index is 13.3. The summed E-state index contributed by atoms with van der Waals surface area (Å²) in [4.78, 5) is 0. The zero-order valence-electron chi connectivity index (χ0n) is 10.2. The Balaban J connectivity index is 0.00000289. The van der Waals surface area contributed by atoms with E-state index in [1.54, 1.807) is 0 Å². The predicted molar refractivity (Wildman–Crippen MR) is 72.5 cm³/mol. The molecule has 0 amide bonds. The standard InChI is InChI=1S/C13H17FN2O.ClH/c14-12-10-11(17)6-7-13(12)16-9-5-3-1-2-4-8-15;/h6-7,10,16-17H,1-5,9H2;1H. The van der Waals surface area contributed by atoms with Gasteiger partial charge in [0.15, 0.2) is 0 Å². The number of anilines is 1. The van der Waals surface area contributed by atoms with E-state index >= 15 is 0 Å². The molecule has 0 aliphatic carbocycles. The smallest absolute Gasteiger partial charge is 0.149 e. The van der Waals surface area contributed by atoms with Crippen LogP contribution in [0.3, 0.4) is 0 Å². The first-order valence-electron chi connectivity index (χ1n) is 5.83. The van der Waals surface area contributed by atoms with E-state index in [-0.39, 0.29) is 18.2 Å². The molecule has 5 heteroatoms. The number of hydrogen-bond acceptors (Lipinski definition) is 3. The molecule has 0 aliphatic heterocycles. The van der Waals surface area contributed by atoms with Crippen molar-refractivity contribution in [1.82, 2.24) is 0 Å². The van der Waals surface area contributed by atoms with E-state index in [2.05, 4.69) is 11.4 Å². The molecule has 0 unspecified atom stereocenters. The molecular formula is C13H18ClFN2O. The van der Waals surface area contributed by atoms with Gasteiger partial charge in [-0.2, -0.15) is 5.26 Å². The van der Waals surface area contributed by atoms with Crippen molar-refractivity contribution in [3.05, 3.63) is 24.0 Å². The van der Waals surface area contributed by atoms with Crippen LogP contribution in [0.2, 0.25) is 0 Å². The number of nitriles is 1. The average Bonchev–Trinajstić information content (AvgIpc) is 2.30. The third kappa shape index (κ3) is 6.31. The quantitative estimate of drug-likeness (QED) is 0.586. The van der Waals surface area contributed by atoms with Crippen LogP contribution in [0.5, 0.6) is 5.75 Å². The van der Waals surface area contributed by atoms with Gasteiger partial charge in [0.1, 0.15) is 11.6 Å². The monoisotopic (exact) mass is 272 g/mol. The lowest BCUT2D eigenvalue weighted by Crippen LogP contribution is -2.03. The Bertz CT molecular complexity index is 393. The highest BCUT2D eigenvalue weighted by Gasteiger charge is 2.01. The molecule has 1 aromatic carbocycles. The summed E-state index contributed by atoms with van der Waals surface area (Å²) >= 11 is 0. The van der Waals surface area contributed by atoms with Gasteiger partial charge in [-0.1, -0.05) is 12.8 Å². The van der Waals surface area contributed by atoms with Gasteiger partial charge in [-0.25, -0.2) is 4.39 Å². The lowest BCUT2D eigenvalue weighted by atomic mass is 10.1. The van der Waals surface area contributed by atoms with Crippen LogP contribution in [0.25, 0.3) is 0 Å². The fourth-order valence-corrected chi connectivity index (χ4v) is 1.55. The van der Waals surface area contributed by atoms with Gasteiger partial charge >= 0.3 is 0 Å². The fraction of sp³-hybridized carbons (Fsp3) is 0.462. The van der Waals surface area contributed by atoms with E-state index in [4.69, 9.17) is 10.4 Å². The first-order valence-corrected chi connectivity index (χ1v) is 5.83. The van der Waals surface area contributed by atoms with Crippen molar-refractivity contribution in [3.63, 3.8) is 0 Å². The second-order valence-corrected chi connectivity index (χ2v) is 3.91. The maximum atomic E-state index is 13.3. The Morgan fingerprint density at radius 3 is 2.61 bits per heavy atom. The van der Waals surface area contributed by atoms with Gasteiger partial charge < -0.3 is 10.4 Å². The molecule has 0 heterocycles. The number of benzene rings is 1. The summed E-state index contributed by atoms with van der Waals surface area (Å²) in [5.41, 5.74) is 0.417. The minimum atomic E-state index is -0.436. The topological polar surface area (TPSA) is 56.0 Å². The summed E-state index contributed by atoms with van der Waals surface area (Å²) in [6.07, 6.45) is 4.57. The number of hydrogen-bond donors (Lipinski definition) is 2. The largest absolute Gasteiger partial charge is 0.508 e. The molecular weight excluding hydrogens is 255 g/mol. The van der Waals surface area contributed by atoms with Crippen LogP contribution in [-0.4, -0.2) is 11.7 Å². The molecule has 0 atom stereocenters. The zero-order valence-corrected chi connectivity index (χ0v) is 11.0. The molecule has 2 N–H and O–H groups in total. The fourth-order valence-electron chi connectivity index (χ4n) is 1.55. The number of aromatic hydroxyl groups is 1. The second kappa shape index (κ2) is 9.55. The SMILES string of the molecule is Cl.N#CCCCCCCNc1ccc(O)cc1F. The van der Waals surface area contributed by atoms with E-state index in [1.165, 1.54) is 12.1 Å². The van der Waals surface area contributed by atoms with E-state index in [0.717, 1.165) is 31.7 Å². The van der Waals surface area contributed by atoms with Crippen LogP contribution in [0.15, 0.2) is 18.2 Å². The third-order valence-corrected chi connectivity index (χ3v) is 2.48. The number of unbranched alkanes of at least 4 members (excludes halogenated alkanes) is 4. The average molecular weight is 273 g/mol. The van der Waals surface area contributed by atoms with Gasteiger partial charge in [-0.3, -0.25) is 0 Å². The first kappa shape index (κ1) is 16.5. The number of phenols is 1. The molecule has 0 bridgehead atoms. The minimum Gasteiger partial charge on any atom is -0.508 e. The van der Waals surface area contributed by atoms with Crippen LogP contribution in [0.4, 0.5) is 10.1 Å². The molecule has 0 saturated heterocycles. The van der Waals surface area contributed by atoms with Gasteiger partial charge in [-0.05, 0) is 25.0 Å². The molecule has 0 spiro atoms. The lowest BCUT2D eigenvalue weighted by molar-refractivity contribution is 0.469. The summed E-state index contributed by atoms with van der Waals surface area (Å²) in [5.74, 6) is -0.501. The van der Waals surface area contributed by atoms with Crippen molar-refractivity contribution < 1.29 is 9.50 Å². The van der Waals surface area contributed by atoms with Gasteiger partial charge in [0.25, 0.3) is 0 Å². The number of rotatable bonds is 7. The molecule has 0 aromatic heterocycles. The molecule has 18 heavy (non-hydrogen) atoms. The summed E-state index contributed by atoms with van der Waals surface area (Å²) < 4.78 is 13.3. The van der Waals surface area contributed by atoms with Crippen LogP contribution in [0.1, 0.15) is 32.1 Å². The highest BCUT2D eigenvalue weighted by molar-refractivity contribution is 5.85. The molecule has 0 saturated carbocycles. The highest BCUT2D eigenvalue weighted by Crippen LogP contribution is 2.19. The molecule has 1 aromatic rings. The molecule has 0 radical (unpaired) electrons. The molecule has 3 nitrogen and oxygen atoms in total. The van der Waals surface area contributed by atoms with Crippen LogP contribution in [0, 0.1) is 17.1 Å². The Labute approximate surface area is 113 Å². The van der Waals surface area contributed by atoms with Crippen molar-refractivity contribution in [2.24, 2.45) is 0 Å². The Morgan fingerprint density at radius 2 is 1.94 bits per heavy atom. The summed E-state index contributed by atoms with van der Waals surface area (Å²) in [5, 5.41) is 20.4. The van der Waals surface area contributed by atoms with Crippen molar-refractivity contribution >= 4 is 18.1 Å². The van der Waals surface area contributed by atoms with E-state index in [9.17, 15) is 4.39 Å². The Morgan fingerprint density at radius 1 is 1.22 bits per heavy atom. The first-order chi connectivity index (χ1) is 8.24. The lowest BCUT2D eigenvalue weighted by Gasteiger charge is -2.07. The van der Waals surface area contributed by atoms with Crippen LogP contribution >= 0.6 is 12.4 Å². The van der Waals surface area contributed by atoms with E-state index < -0.39 is 5.82 Å². The van der Waals surface area contributed by atoms with Crippen molar-refractivity contribution in [3.8, 4) is 11.8 Å². The van der Waals surface area contributed by atoms with Gasteiger partial charge in [0.05, 0.1) is 11.8 Å². The van der Waals surface area contributed by atoms with Crippen molar-refractivity contribution in [2.75, 3.05) is 11.9 Å². The van der Waals surface area contributed by atoms with Gasteiger partial charge in [-0.15, -0.1) is 12.4 Å². The van der Waals surface area contributed by atoms with Crippen LogP contribution < -0.4 is 5.32 Å². The van der Waals surface area contributed by atoms with E-state index in [0.29, 0.717) is 18.7 Å². The summed E-state index contributed by atoms with van der Waals surface area (Å²) in [6, 6.07) is 6.19. The molecule has 1 rings (SSSR count). The number of halogens is 2. The van der Waals surface area contributed by atoms with Gasteiger partial charge in [0.2, 0.25) is 0 Å². The van der Waals surface area contributed by atoms with Gasteiger partial charge in [0, 0.05) is 19.0 Å². The number of nitrogens with zero attached hydrogens (tertiary/aromatic N) is 1. The molecule has 0 fully saturated rings. The summed E-state index contributed by atoms with van der Waals surface area (Å²) in [7, 11) is 0. The Hall–Kier alpha value is -1.47. The maximum Gasteiger partial charge on any atom is 0.149 e. The second-order valence-electron chi connectivity index (χ2n) is 3.91.